The van der Waals surface area contributed by atoms with Gasteiger partial charge in [-0.1, -0.05) is 24.3 Å². The van der Waals surface area contributed by atoms with E-state index in [-0.39, 0.29) is 35.0 Å². The number of carbonyl (C=O) groups excluding carboxylic acids is 1. The van der Waals surface area contributed by atoms with Crippen molar-refractivity contribution in [1.82, 2.24) is 0 Å². The molecular formula is C18H16BrN2O3+. The lowest BCUT2D eigenvalue weighted by molar-refractivity contribution is -0.657. The van der Waals surface area contributed by atoms with E-state index in [2.05, 4.69) is 0 Å². The van der Waals surface area contributed by atoms with E-state index < -0.39 is 4.92 Å². The molecule has 0 aliphatic carbocycles. The van der Waals surface area contributed by atoms with Gasteiger partial charge in [0, 0.05) is 35.2 Å². The second-order valence-corrected chi connectivity index (χ2v) is 5.37. The van der Waals surface area contributed by atoms with Gasteiger partial charge >= 0.3 is 0 Å². The monoisotopic (exact) mass is 387 g/mol. The number of para-hydroxylation sites is 1. The Hall–Kier alpha value is -2.60. The standard InChI is InChI=1S/C18H15N2O3.BrH/c1-13-9-10-19(17-8-3-2-7-16(13)17)12-18(21)14-5-4-6-15(11-14)20(22)23;/h2-11H,12H2,1H3;1H/q+1;. The lowest BCUT2D eigenvalue weighted by Crippen LogP contribution is -2.38. The quantitative estimate of drug-likeness (QED) is 0.296. The molecule has 2 aromatic carbocycles. The van der Waals surface area contributed by atoms with Gasteiger partial charge < -0.3 is 0 Å². The van der Waals surface area contributed by atoms with Crippen LogP contribution in [0.1, 0.15) is 15.9 Å². The SMILES string of the molecule is Br.Cc1cc[n+](CC(=O)c2cccc([N+](=O)[O-])c2)c2ccccc12. The van der Waals surface area contributed by atoms with Crippen LogP contribution in [-0.4, -0.2) is 10.7 Å². The van der Waals surface area contributed by atoms with Gasteiger partial charge in [0.25, 0.3) is 5.69 Å². The molecular weight excluding hydrogens is 372 g/mol. The lowest BCUT2D eigenvalue weighted by atomic mass is 10.1. The number of rotatable bonds is 4. The van der Waals surface area contributed by atoms with Gasteiger partial charge in [-0.2, -0.15) is 4.57 Å². The van der Waals surface area contributed by atoms with Crippen molar-refractivity contribution < 1.29 is 14.3 Å². The van der Waals surface area contributed by atoms with E-state index in [4.69, 9.17) is 0 Å². The van der Waals surface area contributed by atoms with Crippen LogP contribution in [0.3, 0.4) is 0 Å². The average molecular weight is 388 g/mol. The molecule has 3 rings (SSSR count). The number of benzene rings is 2. The molecule has 24 heavy (non-hydrogen) atoms. The molecule has 0 aliphatic rings. The molecule has 3 aromatic rings. The first-order chi connectivity index (χ1) is 11.1. The predicted octanol–water partition coefficient (Wildman–Crippen LogP) is 3.80. The molecule has 0 amide bonds. The van der Waals surface area contributed by atoms with Crippen LogP contribution < -0.4 is 4.57 Å². The largest absolute Gasteiger partial charge is 0.287 e. The van der Waals surface area contributed by atoms with Gasteiger partial charge in [0.05, 0.1) is 4.92 Å². The van der Waals surface area contributed by atoms with Gasteiger partial charge in [-0.3, -0.25) is 14.9 Å². The third kappa shape index (κ3) is 3.49. The van der Waals surface area contributed by atoms with E-state index in [1.165, 1.54) is 18.2 Å². The number of hydrogen-bond acceptors (Lipinski definition) is 3. The molecule has 0 unspecified atom stereocenters. The molecule has 0 spiro atoms. The minimum Gasteiger partial charge on any atom is -0.287 e. The molecule has 0 saturated heterocycles. The highest BCUT2D eigenvalue weighted by Crippen LogP contribution is 2.16. The summed E-state index contributed by atoms with van der Waals surface area (Å²) in [5.41, 5.74) is 2.37. The number of nitro benzene ring substituents is 1. The highest BCUT2D eigenvalue weighted by atomic mass is 79.9. The van der Waals surface area contributed by atoms with Crippen molar-refractivity contribution in [3.8, 4) is 0 Å². The molecule has 0 radical (unpaired) electrons. The topological polar surface area (TPSA) is 64.1 Å². The smallest absolute Gasteiger partial charge is 0.270 e. The number of hydrogen-bond donors (Lipinski definition) is 0. The zero-order valence-corrected chi connectivity index (χ0v) is 14.7. The van der Waals surface area contributed by atoms with Crippen LogP contribution in [-0.2, 0) is 6.54 Å². The number of non-ortho nitro benzene ring substituents is 1. The van der Waals surface area contributed by atoms with Gasteiger partial charge in [0.2, 0.25) is 17.8 Å². The van der Waals surface area contributed by atoms with Crippen molar-refractivity contribution in [2.45, 2.75) is 13.5 Å². The van der Waals surface area contributed by atoms with Crippen molar-refractivity contribution in [2.75, 3.05) is 0 Å². The summed E-state index contributed by atoms with van der Waals surface area (Å²) in [6, 6.07) is 15.7. The molecule has 1 heterocycles. The maximum atomic E-state index is 12.5. The van der Waals surface area contributed by atoms with Crippen molar-refractivity contribution in [3.05, 3.63) is 82.0 Å². The second kappa shape index (κ2) is 7.31. The number of fused-ring (bicyclic) bond motifs is 1. The van der Waals surface area contributed by atoms with Gasteiger partial charge in [-0.25, -0.2) is 0 Å². The summed E-state index contributed by atoms with van der Waals surface area (Å²) in [5.74, 6) is -0.160. The van der Waals surface area contributed by atoms with E-state index in [1.54, 1.807) is 6.07 Å². The molecule has 0 fully saturated rings. The molecule has 6 heteroatoms. The summed E-state index contributed by atoms with van der Waals surface area (Å²) >= 11 is 0. The number of Topliss-reactive ketones (excluding diaryl/α,β-unsaturated/α-hetero) is 1. The van der Waals surface area contributed by atoms with E-state index in [0.29, 0.717) is 5.56 Å². The normalized spacial score (nSPS) is 10.2. The zero-order valence-electron chi connectivity index (χ0n) is 13.0. The first-order valence-electron chi connectivity index (χ1n) is 7.22. The van der Waals surface area contributed by atoms with Crippen LogP contribution in [0.25, 0.3) is 10.9 Å². The summed E-state index contributed by atoms with van der Waals surface area (Å²) in [6.07, 6.45) is 1.87. The predicted molar refractivity (Wildman–Crippen MR) is 96.6 cm³/mol. The van der Waals surface area contributed by atoms with E-state index in [0.717, 1.165) is 16.5 Å². The van der Waals surface area contributed by atoms with E-state index >= 15 is 0 Å². The van der Waals surface area contributed by atoms with Crippen LogP contribution in [0.2, 0.25) is 0 Å². The van der Waals surface area contributed by atoms with Crippen molar-refractivity contribution >= 4 is 39.4 Å². The Balaban J connectivity index is 0.00000208. The number of ketones is 1. The Labute approximate surface area is 149 Å². The first kappa shape index (κ1) is 17.7. The molecule has 0 N–H and O–H groups in total. The van der Waals surface area contributed by atoms with Crippen molar-refractivity contribution in [2.24, 2.45) is 0 Å². The number of nitrogens with zero attached hydrogens (tertiary/aromatic N) is 2. The van der Waals surface area contributed by atoms with Gasteiger partial charge in [-0.05, 0) is 18.6 Å². The highest BCUT2D eigenvalue weighted by Gasteiger charge is 2.18. The van der Waals surface area contributed by atoms with Crippen LogP contribution in [0, 0.1) is 17.0 Å². The van der Waals surface area contributed by atoms with Crippen LogP contribution in [0.5, 0.6) is 0 Å². The summed E-state index contributed by atoms with van der Waals surface area (Å²) in [6.45, 7) is 2.16. The van der Waals surface area contributed by atoms with Crippen molar-refractivity contribution in [3.63, 3.8) is 0 Å². The van der Waals surface area contributed by atoms with E-state index in [9.17, 15) is 14.9 Å². The Morgan fingerprint density at radius 2 is 1.88 bits per heavy atom. The molecule has 0 aliphatic heterocycles. The second-order valence-electron chi connectivity index (χ2n) is 5.37. The minimum absolute atomic E-state index is 0. The number of aryl methyl sites for hydroxylation is 1. The summed E-state index contributed by atoms with van der Waals surface area (Å²) in [4.78, 5) is 22.8. The third-order valence-electron chi connectivity index (χ3n) is 3.84. The van der Waals surface area contributed by atoms with Gasteiger partial charge in [0.15, 0.2) is 6.20 Å². The fourth-order valence-electron chi connectivity index (χ4n) is 2.61. The zero-order chi connectivity index (χ0) is 16.4. The Bertz CT molecular complexity index is 925. The summed E-state index contributed by atoms with van der Waals surface area (Å²) in [5, 5.41) is 11.9. The number of pyridine rings is 1. The van der Waals surface area contributed by atoms with Crippen LogP contribution in [0.15, 0.2) is 60.8 Å². The number of aromatic nitrogens is 1. The van der Waals surface area contributed by atoms with Crippen LogP contribution >= 0.6 is 17.0 Å². The molecule has 0 atom stereocenters. The van der Waals surface area contributed by atoms with Gasteiger partial charge in [0.1, 0.15) is 0 Å². The molecule has 5 nitrogen and oxygen atoms in total. The summed E-state index contributed by atoms with van der Waals surface area (Å²) < 4.78 is 1.86. The minimum atomic E-state index is -0.495. The molecule has 0 saturated carbocycles. The third-order valence-corrected chi connectivity index (χ3v) is 3.84. The first-order valence-corrected chi connectivity index (χ1v) is 7.22. The molecule has 0 bridgehead atoms. The Kier molecular flexibility index (Phi) is 5.41. The number of halogens is 1. The number of nitro groups is 1. The average Bonchev–Trinajstić information content (AvgIpc) is 2.57. The number of carbonyl (C=O) groups is 1. The van der Waals surface area contributed by atoms with E-state index in [1.807, 2.05) is 48.0 Å². The Morgan fingerprint density at radius 1 is 1.12 bits per heavy atom. The maximum absolute atomic E-state index is 12.5. The van der Waals surface area contributed by atoms with Crippen molar-refractivity contribution in [1.29, 1.82) is 0 Å². The fraction of sp³-hybridized carbons (Fsp3) is 0.111. The van der Waals surface area contributed by atoms with Gasteiger partial charge in [-0.15, -0.1) is 17.0 Å². The molecule has 1 aromatic heterocycles. The maximum Gasteiger partial charge on any atom is 0.270 e. The lowest BCUT2D eigenvalue weighted by Gasteiger charge is -2.04. The highest BCUT2D eigenvalue weighted by molar-refractivity contribution is 8.93. The fourth-order valence-corrected chi connectivity index (χ4v) is 2.61. The Morgan fingerprint density at radius 3 is 2.62 bits per heavy atom. The molecule has 122 valence electrons. The van der Waals surface area contributed by atoms with Crippen LogP contribution in [0.4, 0.5) is 5.69 Å². The summed E-state index contributed by atoms with van der Waals surface area (Å²) in [7, 11) is 0.